The number of fused-ring (bicyclic) bond motifs is 7. The Morgan fingerprint density at radius 2 is 1.22 bits per heavy atom. The number of rotatable bonds is 11. The molecule has 4 amide bonds. The van der Waals surface area contributed by atoms with Crippen molar-refractivity contribution in [1.29, 1.82) is 0 Å². The van der Waals surface area contributed by atoms with E-state index in [-0.39, 0.29) is 35.7 Å². The molecule has 4 N–H and O–H groups in total. The fraction of sp³-hybridized carbons (Fsp3) is 0.569. The van der Waals surface area contributed by atoms with Crippen molar-refractivity contribution in [3.63, 3.8) is 0 Å². The van der Waals surface area contributed by atoms with Gasteiger partial charge in [0.15, 0.2) is 0 Å². The van der Waals surface area contributed by atoms with Crippen molar-refractivity contribution in [2.45, 2.75) is 134 Å². The lowest BCUT2D eigenvalue weighted by atomic mass is 9.79. The van der Waals surface area contributed by atoms with E-state index in [0.29, 0.717) is 36.8 Å². The lowest BCUT2D eigenvalue weighted by Gasteiger charge is -2.30. The van der Waals surface area contributed by atoms with Gasteiger partial charge in [-0.3, -0.25) is 9.59 Å². The van der Waals surface area contributed by atoms with Crippen molar-refractivity contribution in [3.05, 3.63) is 82.9 Å². The maximum absolute atomic E-state index is 13.9. The summed E-state index contributed by atoms with van der Waals surface area (Å²) in [4.78, 5) is 73.1. The third-order valence-electron chi connectivity index (χ3n) is 15.5. The van der Waals surface area contributed by atoms with Crippen molar-refractivity contribution in [2.24, 2.45) is 23.7 Å². The van der Waals surface area contributed by atoms with Gasteiger partial charge in [0.2, 0.25) is 11.8 Å². The fourth-order valence-corrected chi connectivity index (χ4v) is 12.1. The molecule has 1 aromatic carbocycles. The number of hydrogen-bond acceptors (Lipinski definition) is 8. The third-order valence-corrected chi connectivity index (χ3v) is 15.5. The summed E-state index contributed by atoms with van der Waals surface area (Å²) in [6.07, 6.45) is 18.4. The number of imidazole rings is 2. The van der Waals surface area contributed by atoms with Crippen molar-refractivity contribution in [1.82, 2.24) is 40.4 Å². The first kappa shape index (κ1) is 44.5. The summed E-state index contributed by atoms with van der Waals surface area (Å²) in [5.74, 6) is 3.02. The highest BCUT2D eigenvalue weighted by Gasteiger charge is 2.43. The molecule has 4 bridgehead atoms. The van der Waals surface area contributed by atoms with Crippen LogP contribution in [0.15, 0.2) is 48.8 Å². The van der Waals surface area contributed by atoms with E-state index in [0.717, 1.165) is 80.8 Å². The van der Waals surface area contributed by atoms with E-state index >= 15 is 0 Å². The van der Waals surface area contributed by atoms with Crippen molar-refractivity contribution < 1.29 is 28.7 Å². The molecule has 346 valence electrons. The minimum Gasteiger partial charge on any atom is -0.453 e. The summed E-state index contributed by atoms with van der Waals surface area (Å²) >= 11 is 0. The third kappa shape index (κ3) is 8.42. The van der Waals surface area contributed by atoms with Gasteiger partial charge in [0.05, 0.1) is 50.1 Å². The van der Waals surface area contributed by atoms with E-state index in [1.807, 2.05) is 49.9 Å². The van der Waals surface area contributed by atoms with Gasteiger partial charge in [-0.25, -0.2) is 19.6 Å². The number of amides is 4. The van der Waals surface area contributed by atoms with Crippen LogP contribution in [0, 0.1) is 23.7 Å². The second-order valence-corrected chi connectivity index (χ2v) is 20.0. The number of methoxy groups -OCH3 is 2. The maximum Gasteiger partial charge on any atom is 0.407 e. The zero-order chi connectivity index (χ0) is 45.7. The summed E-state index contributed by atoms with van der Waals surface area (Å²) in [5.41, 5.74) is 11.0. The molecule has 65 heavy (non-hydrogen) atoms. The van der Waals surface area contributed by atoms with E-state index in [1.54, 1.807) is 0 Å². The monoisotopic (exact) mass is 887 g/mol. The molecule has 0 radical (unpaired) electrons. The van der Waals surface area contributed by atoms with Gasteiger partial charge in [0.1, 0.15) is 23.7 Å². The van der Waals surface area contributed by atoms with E-state index in [4.69, 9.17) is 26.0 Å². The molecule has 4 unspecified atom stereocenters. The van der Waals surface area contributed by atoms with Crippen LogP contribution in [0.4, 0.5) is 9.59 Å². The molecule has 6 aliphatic rings. The Morgan fingerprint density at radius 3 is 1.78 bits per heavy atom. The Balaban J connectivity index is 1.02. The van der Waals surface area contributed by atoms with Gasteiger partial charge < -0.3 is 39.9 Å². The Kier molecular flexibility index (Phi) is 12.5. The van der Waals surface area contributed by atoms with Crippen LogP contribution in [-0.2, 0) is 19.1 Å². The number of aromatic nitrogens is 4. The first-order valence-corrected chi connectivity index (χ1v) is 24.0. The largest absolute Gasteiger partial charge is 0.453 e. The molecule has 3 aromatic rings. The van der Waals surface area contributed by atoms with Gasteiger partial charge in [-0.1, -0.05) is 58.6 Å². The SMILES string of the molecule is C=C1/C(c2ccc(-c3cnc([C@@H]4CCCN4C(=O)[C@H](NC(=O)OC)C(C)C)[nH]3)c3c2C2CCC3C2)=C\C=C(\c2cnc([C@@H]3CCCN3C(=O)[C@@H](NC(=O)OC)C(C)C)[nH]2)CC2CCC1C2. The number of H-pyrrole nitrogens is 2. The number of aromatic amines is 2. The van der Waals surface area contributed by atoms with Crippen LogP contribution < -0.4 is 10.6 Å². The molecule has 0 spiro atoms. The molecule has 8 atom stereocenters. The van der Waals surface area contributed by atoms with Gasteiger partial charge in [-0.15, -0.1) is 0 Å². The zero-order valence-corrected chi connectivity index (χ0v) is 38.9. The molecular formula is C51H66N8O6. The second kappa shape index (κ2) is 18.3. The summed E-state index contributed by atoms with van der Waals surface area (Å²) in [6.45, 7) is 13.8. The number of nitrogens with one attached hydrogen (secondary N) is 4. The molecule has 4 fully saturated rings. The number of benzene rings is 1. The van der Waals surface area contributed by atoms with Gasteiger partial charge in [-0.05, 0) is 140 Å². The topological polar surface area (TPSA) is 175 Å². The predicted molar refractivity (Wildman–Crippen MR) is 248 cm³/mol. The molecule has 4 aliphatic carbocycles. The number of carbonyl (C=O) groups excluding carboxylic acids is 4. The van der Waals surface area contributed by atoms with Crippen molar-refractivity contribution in [3.8, 4) is 11.3 Å². The van der Waals surface area contributed by atoms with Gasteiger partial charge in [-0.2, -0.15) is 0 Å². The van der Waals surface area contributed by atoms with Crippen LogP contribution in [0.1, 0.15) is 156 Å². The highest BCUT2D eigenvalue weighted by Crippen LogP contribution is 2.58. The standard InChI is InChI=1S/C51H66N8O6/c1-27(2)44(56-50(62)64-6)48(60)58-20-8-10-40(58)46-52-25-38(54-46)32-16-17-35(29(5)31-13-12-30(22-31)23-32)36-18-19-37(43-34-15-14-33(24-34)42(36)43)39-26-53-47(55-39)41-11-9-21-59(41)49(61)45(28(3)4)57-51(63)65-7/h16-19,25-28,30-31,33-34,40-41,44-45H,5,8-15,20-24H2,1-4,6-7H3,(H,52,54)(H,53,55)(H,56,62)(H,57,63)/b32-16+,35-17+/t30?,31?,33?,34?,40-,41-,44-,45+/m0/s1. The van der Waals surface area contributed by atoms with Crippen molar-refractivity contribution in [2.75, 3.05) is 27.3 Å². The van der Waals surface area contributed by atoms with Crippen LogP contribution in [0.5, 0.6) is 0 Å². The average molecular weight is 887 g/mol. The van der Waals surface area contributed by atoms with E-state index in [2.05, 4.69) is 44.9 Å². The van der Waals surface area contributed by atoms with Crippen molar-refractivity contribution >= 4 is 35.1 Å². The number of alkyl carbamates (subject to hydrolysis) is 2. The highest BCUT2D eigenvalue weighted by atomic mass is 16.5. The minimum absolute atomic E-state index is 0.106. The quantitative estimate of drug-likeness (QED) is 0.148. The number of hydrogen-bond donors (Lipinski definition) is 4. The van der Waals surface area contributed by atoms with Gasteiger partial charge in [0.25, 0.3) is 0 Å². The Bertz CT molecular complexity index is 2410. The van der Waals surface area contributed by atoms with Gasteiger partial charge in [0, 0.05) is 18.7 Å². The summed E-state index contributed by atoms with van der Waals surface area (Å²) in [7, 11) is 2.62. The zero-order valence-electron chi connectivity index (χ0n) is 38.9. The van der Waals surface area contributed by atoms with E-state index in [1.165, 1.54) is 66.0 Å². The summed E-state index contributed by atoms with van der Waals surface area (Å²) in [5, 5.41) is 5.51. The average Bonchev–Trinajstić information content (AvgIpc) is 4.16. The Labute approximate surface area is 382 Å². The number of nitrogens with zero attached hydrogens (tertiary/aromatic N) is 4. The molecule has 2 aliphatic heterocycles. The molecule has 14 nitrogen and oxygen atoms in total. The first-order chi connectivity index (χ1) is 31.3. The summed E-state index contributed by atoms with van der Waals surface area (Å²) < 4.78 is 9.68. The van der Waals surface area contributed by atoms with E-state index < -0.39 is 24.3 Å². The smallest absolute Gasteiger partial charge is 0.407 e. The lowest BCUT2D eigenvalue weighted by Crippen LogP contribution is -2.51. The molecule has 4 heterocycles. The predicted octanol–water partition coefficient (Wildman–Crippen LogP) is 9.10. The fourth-order valence-electron chi connectivity index (χ4n) is 12.1. The van der Waals surface area contributed by atoms with E-state index in [9.17, 15) is 19.2 Å². The molecule has 2 saturated carbocycles. The molecule has 14 heteroatoms. The molecule has 2 saturated heterocycles. The molecule has 9 rings (SSSR count). The molecular weight excluding hydrogens is 821 g/mol. The normalized spacial score (nSPS) is 27.4. The molecule has 2 aromatic heterocycles. The maximum atomic E-state index is 13.9. The lowest BCUT2D eigenvalue weighted by molar-refractivity contribution is -0.136. The number of allylic oxidation sites excluding steroid dienone is 5. The second-order valence-electron chi connectivity index (χ2n) is 20.0. The highest BCUT2D eigenvalue weighted by molar-refractivity contribution is 5.89. The van der Waals surface area contributed by atoms with Crippen LogP contribution in [0.3, 0.4) is 0 Å². The Morgan fingerprint density at radius 1 is 0.692 bits per heavy atom. The minimum atomic E-state index is -0.689. The number of carbonyl (C=O) groups is 4. The van der Waals surface area contributed by atoms with Crippen LogP contribution >= 0.6 is 0 Å². The Hall–Kier alpha value is -5.66. The number of ether oxygens (including phenoxy) is 2. The van der Waals surface area contributed by atoms with Gasteiger partial charge >= 0.3 is 12.2 Å². The van der Waals surface area contributed by atoms with Crippen LogP contribution in [0.25, 0.3) is 22.4 Å². The first-order valence-electron chi connectivity index (χ1n) is 24.0. The number of likely N-dealkylation sites (tertiary alicyclic amines) is 2. The van der Waals surface area contributed by atoms with Crippen LogP contribution in [-0.4, -0.2) is 93.1 Å². The van der Waals surface area contributed by atoms with Crippen LogP contribution in [0.2, 0.25) is 0 Å². The summed E-state index contributed by atoms with van der Waals surface area (Å²) in [6, 6.07) is 2.81.